The highest BCUT2D eigenvalue weighted by Gasteiger charge is 2.30. The molecule has 88 valence electrons. The average molecular weight is 231 g/mol. The molecule has 0 atom stereocenters. The summed E-state index contributed by atoms with van der Waals surface area (Å²) in [6.45, 7) is 1.56. The minimum absolute atomic E-state index is 0.375. The molecule has 4 heteroatoms. The molecule has 1 aliphatic carbocycles. The van der Waals surface area contributed by atoms with Gasteiger partial charge in [-0.05, 0) is 25.2 Å². The van der Waals surface area contributed by atoms with Crippen molar-refractivity contribution in [2.45, 2.75) is 44.9 Å². The first-order valence-corrected chi connectivity index (χ1v) is 7.77. The number of hydrogen-bond donors (Lipinski definition) is 0. The van der Waals surface area contributed by atoms with E-state index in [2.05, 4.69) is 0 Å². The van der Waals surface area contributed by atoms with Crippen LogP contribution in [0.2, 0.25) is 0 Å². The number of hydrogen-bond acceptors (Lipinski definition) is 2. The van der Waals surface area contributed by atoms with Gasteiger partial charge in [-0.15, -0.1) is 0 Å². The van der Waals surface area contributed by atoms with Crippen LogP contribution in [0.3, 0.4) is 0 Å². The summed E-state index contributed by atoms with van der Waals surface area (Å²) in [6, 6.07) is 0. The lowest BCUT2D eigenvalue weighted by molar-refractivity contribution is 0.335. The number of nitrogens with zero attached hydrogens (tertiary/aromatic N) is 1. The van der Waals surface area contributed by atoms with Crippen molar-refractivity contribution in [3.05, 3.63) is 0 Å². The fourth-order valence-electron chi connectivity index (χ4n) is 2.73. The monoisotopic (exact) mass is 231 g/mol. The molecule has 3 nitrogen and oxygen atoms in total. The van der Waals surface area contributed by atoms with Gasteiger partial charge in [0, 0.05) is 13.1 Å². The van der Waals surface area contributed by atoms with Gasteiger partial charge in [0.05, 0.1) is 5.75 Å². The second-order valence-electron chi connectivity index (χ2n) is 4.89. The molecule has 0 aromatic heterocycles. The van der Waals surface area contributed by atoms with Gasteiger partial charge in [-0.2, -0.15) is 0 Å². The van der Waals surface area contributed by atoms with Crippen molar-refractivity contribution >= 4 is 10.0 Å². The first-order chi connectivity index (χ1) is 7.18. The van der Waals surface area contributed by atoms with Gasteiger partial charge in [0.1, 0.15) is 0 Å². The minimum atomic E-state index is -2.87. The van der Waals surface area contributed by atoms with Gasteiger partial charge in [0.25, 0.3) is 0 Å². The van der Waals surface area contributed by atoms with Gasteiger partial charge in [0.15, 0.2) is 0 Å². The summed E-state index contributed by atoms with van der Waals surface area (Å²) in [7, 11) is -2.87. The van der Waals surface area contributed by atoms with E-state index in [4.69, 9.17) is 0 Å². The zero-order valence-corrected chi connectivity index (χ0v) is 10.1. The second kappa shape index (κ2) is 4.83. The second-order valence-corrected chi connectivity index (χ2v) is 6.97. The van der Waals surface area contributed by atoms with Crippen LogP contribution in [0.15, 0.2) is 0 Å². The summed E-state index contributed by atoms with van der Waals surface area (Å²) in [5, 5.41) is 0. The van der Waals surface area contributed by atoms with Gasteiger partial charge in [-0.3, -0.25) is 0 Å². The smallest absolute Gasteiger partial charge is 0.212 e. The molecule has 1 aliphatic heterocycles. The van der Waals surface area contributed by atoms with Crippen molar-refractivity contribution in [2.75, 3.05) is 18.8 Å². The highest BCUT2D eigenvalue weighted by molar-refractivity contribution is 7.89. The molecule has 0 amide bonds. The SMILES string of the molecule is O=S1(=O)CCCN1CC1CCCCCC1. The van der Waals surface area contributed by atoms with Crippen LogP contribution >= 0.6 is 0 Å². The van der Waals surface area contributed by atoms with Crippen LogP contribution in [0.25, 0.3) is 0 Å². The van der Waals surface area contributed by atoms with Crippen molar-refractivity contribution in [3.8, 4) is 0 Å². The summed E-state index contributed by atoms with van der Waals surface area (Å²) in [5.41, 5.74) is 0. The molecular weight excluding hydrogens is 210 g/mol. The van der Waals surface area contributed by atoms with Crippen molar-refractivity contribution in [1.29, 1.82) is 0 Å². The van der Waals surface area contributed by atoms with E-state index in [1.54, 1.807) is 4.31 Å². The lowest BCUT2D eigenvalue weighted by Crippen LogP contribution is -2.31. The van der Waals surface area contributed by atoms with Crippen LogP contribution in [0.5, 0.6) is 0 Å². The Hall–Kier alpha value is -0.0900. The average Bonchev–Trinajstić information content (AvgIpc) is 2.43. The maximum atomic E-state index is 11.6. The van der Waals surface area contributed by atoms with Gasteiger partial charge in [-0.1, -0.05) is 25.7 Å². The largest absolute Gasteiger partial charge is 0.214 e. The molecule has 2 rings (SSSR count). The molecule has 0 aromatic rings. The first-order valence-electron chi connectivity index (χ1n) is 6.16. The zero-order chi connectivity index (χ0) is 10.7. The van der Waals surface area contributed by atoms with Gasteiger partial charge < -0.3 is 0 Å². The molecule has 15 heavy (non-hydrogen) atoms. The Labute approximate surface area is 92.9 Å². The fourth-order valence-corrected chi connectivity index (χ4v) is 4.33. The molecule has 0 aromatic carbocycles. The standard InChI is InChI=1S/C11H21NO2S/c13-15(14)9-5-8-12(15)10-11-6-3-1-2-4-7-11/h11H,1-10H2. The van der Waals surface area contributed by atoms with Crippen LogP contribution in [-0.4, -0.2) is 31.6 Å². The summed E-state index contributed by atoms with van der Waals surface area (Å²) < 4.78 is 25.0. The zero-order valence-electron chi connectivity index (χ0n) is 9.32. The van der Waals surface area contributed by atoms with E-state index in [9.17, 15) is 8.42 Å². The highest BCUT2D eigenvalue weighted by atomic mass is 32.2. The van der Waals surface area contributed by atoms with E-state index in [0.717, 1.165) is 19.5 Å². The molecule has 1 saturated heterocycles. The van der Waals surface area contributed by atoms with Crippen molar-refractivity contribution < 1.29 is 8.42 Å². The lowest BCUT2D eigenvalue weighted by Gasteiger charge is -2.21. The molecule has 1 heterocycles. The Morgan fingerprint density at radius 1 is 1.00 bits per heavy atom. The van der Waals surface area contributed by atoms with Crippen molar-refractivity contribution in [3.63, 3.8) is 0 Å². The maximum Gasteiger partial charge on any atom is 0.214 e. The Kier molecular flexibility index (Phi) is 3.67. The summed E-state index contributed by atoms with van der Waals surface area (Å²) in [6.07, 6.45) is 8.54. The third kappa shape index (κ3) is 2.94. The molecule has 2 aliphatic rings. The third-order valence-electron chi connectivity index (χ3n) is 3.64. The van der Waals surface area contributed by atoms with Crippen LogP contribution in [0.4, 0.5) is 0 Å². The lowest BCUT2D eigenvalue weighted by atomic mass is 10.0. The van der Waals surface area contributed by atoms with E-state index in [1.165, 1.54) is 38.5 Å². The molecular formula is C11H21NO2S. The minimum Gasteiger partial charge on any atom is -0.212 e. The molecule has 1 saturated carbocycles. The molecule has 0 unspecified atom stereocenters. The van der Waals surface area contributed by atoms with Crippen LogP contribution < -0.4 is 0 Å². The Morgan fingerprint density at radius 2 is 1.67 bits per heavy atom. The van der Waals surface area contributed by atoms with Crippen LogP contribution in [0.1, 0.15) is 44.9 Å². The number of rotatable bonds is 2. The van der Waals surface area contributed by atoms with E-state index in [0.29, 0.717) is 11.7 Å². The molecule has 0 N–H and O–H groups in total. The maximum absolute atomic E-state index is 11.6. The molecule has 2 fully saturated rings. The van der Waals surface area contributed by atoms with Gasteiger partial charge in [-0.25, -0.2) is 12.7 Å². The predicted octanol–water partition coefficient (Wildman–Crippen LogP) is 1.99. The summed E-state index contributed by atoms with van der Waals surface area (Å²) in [4.78, 5) is 0. The van der Waals surface area contributed by atoms with Gasteiger partial charge in [0.2, 0.25) is 10.0 Å². The Bertz CT molecular complexity index is 292. The Balaban J connectivity index is 1.90. The summed E-state index contributed by atoms with van der Waals surface area (Å²) in [5.74, 6) is 1.00. The van der Waals surface area contributed by atoms with Crippen molar-refractivity contribution in [2.24, 2.45) is 5.92 Å². The van der Waals surface area contributed by atoms with E-state index < -0.39 is 10.0 Å². The highest BCUT2D eigenvalue weighted by Crippen LogP contribution is 2.26. The van der Waals surface area contributed by atoms with E-state index in [1.807, 2.05) is 0 Å². The van der Waals surface area contributed by atoms with Crippen molar-refractivity contribution in [1.82, 2.24) is 4.31 Å². The normalized spacial score (nSPS) is 29.1. The van der Waals surface area contributed by atoms with Crippen LogP contribution in [0, 0.1) is 5.92 Å². The third-order valence-corrected chi connectivity index (χ3v) is 5.56. The first kappa shape index (κ1) is 11.4. The quantitative estimate of drug-likeness (QED) is 0.682. The van der Waals surface area contributed by atoms with E-state index in [-0.39, 0.29) is 0 Å². The van der Waals surface area contributed by atoms with E-state index >= 15 is 0 Å². The Morgan fingerprint density at radius 3 is 2.20 bits per heavy atom. The molecule has 0 spiro atoms. The topological polar surface area (TPSA) is 37.4 Å². The fraction of sp³-hybridized carbons (Fsp3) is 1.00. The van der Waals surface area contributed by atoms with Crippen LogP contribution in [-0.2, 0) is 10.0 Å². The molecule has 0 radical (unpaired) electrons. The molecule has 0 bridgehead atoms. The predicted molar refractivity (Wildman–Crippen MR) is 61.2 cm³/mol. The summed E-state index contributed by atoms with van der Waals surface area (Å²) >= 11 is 0. The number of sulfonamides is 1. The van der Waals surface area contributed by atoms with Gasteiger partial charge >= 0.3 is 0 Å².